The van der Waals surface area contributed by atoms with E-state index >= 15 is 0 Å². The SMILES string of the molecule is CCn1ncc2cc(-c3c(-c4ccc(F)cc4)nn4c3COCC4C)cnc21. The van der Waals surface area contributed by atoms with E-state index in [1.165, 1.54) is 12.1 Å². The molecular weight excluding hydrogens is 357 g/mol. The number of hydrogen-bond donors (Lipinski definition) is 0. The van der Waals surface area contributed by atoms with Crippen molar-refractivity contribution < 1.29 is 9.13 Å². The lowest BCUT2D eigenvalue weighted by atomic mass is 9.99. The molecule has 0 spiro atoms. The van der Waals surface area contributed by atoms with Crippen molar-refractivity contribution in [3.63, 3.8) is 0 Å². The molecular formula is C21H20FN5O. The van der Waals surface area contributed by atoms with Crippen molar-refractivity contribution in [3.05, 3.63) is 54.2 Å². The molecule has 3 aromatic heterocycles. The maximum absolute atomic E-state index is 13.5. The molecule has 0 amide bonds. The molecule has 1 atom stereocenters. The molecule has 0 saturated carbocycles. The molecule has 28 heavy (non-hydrogen) atoms. The summed E-state index contributed by atoms with van der Waals surface area (Å²) in [6.45, 7) is 6.00. The number of aromatic nitrogens is 5. The highest BCUT2D eigenvalue weighted by atomic mass is 19.1. The summed E-state index contributed by atoms with van der Waals surface area (Å²) in [6.07, 6.45) is 3.70. The summed E-state index contributed by atoms with van der Waals surface area (Å²) in [5, 5.41) is 10.2. The average molecular weight is 377 g/mol. The lowest BCUT2D eigenvalue weighted by Gasteiger charge is -2.22. The molecule has 5 rings (SSSR count). The summed E-state index contributed by atoms with van der Waals surface area (Å²) in [7, 11) is 0. The first-order valence-corrected chi connectivity index (χ1v) is 9.42. The standard InChI is InChI=1S/C21H20FN5O/c1-3-26-21-16(10-24-26)8-15(9-23-21)19-18-12-28-11-13(2)27(18)25-20(19)14-4-6-17(22)7-5-14/h4-10,13H,3,11-12H2,1-2H3. The lowest BCUT2D eigenvalue weighted by Crippen LogP contribution is -2.22. The zero-order valence-electron chi connectivity index (χ0n) is 15.8. The van der Waals surface area contributed by atoms with Crippen LogP contribution in [0.2, 0.25) is 0 Å². The third kappa shape index (κ3) is 2.62. The minimum absolute atomic E-state index is 0.135. The van der Waals surface area contributed by atoms with E-state index < -0.39 is 0 Å². The van der Waals surface area contributed by atoms with Gasteiger partial charge in [0.1, 0.15) is 11.5 Å². The number of aryl methyl sites for hydroxylation is 1. The van der Waals surface area contributed by atoms with Crippen LogP contribution in [0.5, 0.6) is 0 Å². The highest BCUT2D eigenvalue weighted by Crippen LogP contribution is 2.38. The van der Waals surface area contributed by atoms with Gasteiger partial charge in [-0.1, -0.05) is 0 Å². The molecule has 0 N–H and O–H groups in total. The Balaban J connectivity index is 1.74. The van der Waals surface area contributed by atoms with E-state index in [-0.39, 0.29) is 11.9 Å². The Morgan fingerprint density at radius 1 is 1.18 bits per heavy atom. The van der Waals surface area contributed by atoms with Gasteiger partial charge >= 0.3 is 0 Å². The first-order chi connectivity index (χ1) is 13.7. The Morgan fingerprint density at radius 2 is 2.00 bits per heavy atom. The van der Waals surface area contributed by atoms with Gasteiger partial charge in [-0.3, -0.25) is 4.68 Å². The first kappa shape index (κ1) is 17.1. The van der Waals surface area contributed by atoms with Gasteiger partial charge in [-0.2, -0.15) is 10.2 Å². The van der Waals surface area contributed by atoms with E-state index in [2.05, 4.69) is 23.1 Å². The molecule has 1 aliphatic heterocycles. The van der Waals surface area contributed by atoms with E-state index in [0.717, 1.165) is 45.7 Å². The zero-order chi connectivity index (χ0) is 19.3. The van der Waals surface area contributed by atoms with Crippen LogP contribution in [0.4, 0.5) is 4.39 Å². The Kier molecular flexibility index (Phi) is 3.98. The van der Waals surface area contributed by atoms with E-state index in [0.29, 0.717) is 13.2 Å². The van der Waals surface area contributed by atoms with Crippen molar-refractivity contribution >= 4 is 11.0 Å². The summed E-state index contributed by atoms with van der Waals surface area (Å²) in [6, 6.07) is 8.68. The molecule has 0 fully saturated rings. The van der Waals surface area contributed by atoms with Crippen LogP contribution in [0.1, 0.15) is 25.6 Å². The van der Waals surface area contributed by atoms with Gasteiger partial charge in [-0.15, -0.1) is 0 Å². The van der Waals surface area contributed by atoms with Crippen LogP contribution in [0.3, 0.4) is 0 Å². The molecule has 7 heteroatoms. The fourth-order valence-corrected chi connectivity index (χ4v) is 3.82. The minimum Gasteiger partial charge on any atom is -0.373 e. The smallest absolute Gasteiger partial charge is 0.157 e. The van der Waals surface area contributed by atoms with Gasteiger partial charge in [0.25, 0.3) is 0 Å². The van der Waals surface area contributed by atoms with Crippen LogP contribution in [-0.4, -0.2) is 31.2 Å². The molecule has 6 nitrogen and oxygen atoms in total. The molecule has 1 unspecified atom stereocenters. The van der Waals surface area contributed by atoms with E-state index in [1.807, 2.05) is 28.7 Å². The fraction of sp³-hybridized carbons (Fsp3) is 0.286. The van der Waals surface area contributed by atoms with E-state index in [1.54, 1.807) is 12.1 Å². The largest absolute Gasteiger partial charge is 0.373 e. The van der Waals surface area contributed by atoms with Crippen LogP contribution in [-0.2, 0) is 17.9 Å². The van der Waals surface area contributed by atoms with Gasteiger partial charge in [0.15, 0.2) is 5.65 Å². The Morgan fingerprint density at radius 3 is 2.79 bits per heavy atom. The predicted octanol–water partition coefficient (Wildman–Crippen LogP) is 4.21. The van der Waals surface area contributed by atoms with Gasteiger partial charge in [0, 0.05) is 34.8 Å². The fourth-order valence-electron chi connectivity index (χ4n) is 3.82. The van der Waals surface area contributed by atoms with Gasteiger partial charge in [0.05, 0.1) is 31.1 Å². The number of hydrogen-bond acceptors (Lipinski definition) is 4. The summed E-state index contributed by atoms with van der Waals surface area (Å²) >= 11 is 0. The van der Waals surface area contributed by atoms with Crippen molar-refractivity contribution in [1.82, 2.24) is 24.5 Å². The molecule has 4 heterocycles. The topological polar surface area (TPSA) is 57.8 Å². The highest BCUT2D eigenvalue weighted by molar-refractivity contribution is 5.87. The minimum atomic E-state index is -0.263. The second kappa shape index (κ2) is 6.53. The number of halogens is 1. The quantitative estimate of drug-likeness (QED) is 0.537. The van der Waals surface area contributed by atoms with Crippen LogP contribution in [0, 0.1) is 5.82 Å². The Labute approximate surface area is 161 Å². The Hall–Kier alpha value is -3.06. The van der Waals surface area contributed by atoms with Crippen molar-refractivity contribution in [2.45, 2.75) is 33.0 Å². The molecule has 142 valence electrons. The zero-order valence-corrected chi connectivity index (χ0v) is 15.8. The van der Waals surface area contributed by atoms with Crippen molar-refractivity contribution in [3.8, 4) is 22.4 Å². The number of benzene rings is 1. The second-order valence-corrected chi connectivity index (χ2v) is 7.08. The third-order valence-corrected chi connectivity index (χ3v) is 5.21. The van der Waals surface area contributed by atoms with Crippen molar-refractivity contribution in [1.29, 1.82) is 0 Å². The normalized spacial score (nSPS) is 16.5. The van der Waals surface area contributed by atoms with Gasteiger partial charge in [0.2, 0.25) is 0 Å². The van der Waals surface area contributed by atoms with Crippen LogP contribution >= 0.6 is 0 Å². The van der Waals surface area contributed by atoms with E-state index in [9.17, 15) is 4.39 Å². The number of rotatable bonds is 3. The lowest BCUT2D eigenvalue weighted by molar-refractivity contribution is 0.0580. The van der Waals surface area contributed by atoms with Gasteiger partial charge in [-0.05, 0) is 44.2 Å². The maximum Gasteiger partial charge on any atom is 0.157 e. The van der Waals surface area contributed by atoms with Gasteiger partial charge in [-0.25, -0.2) is 14.1 Å². The van der Waals surface area contributed by atoms with E-state index in [4.69, 9.17) is 9.84 Å². The monoisotopic (exact) mass is 377 g/mol. The summed E-state index contributed by atoms with van der Waals surface area (Å²) in [5.74, 6) is -0.263. The third-order valence-electron chi connectivity index (χ3n) is 5.21. The second-order valence-electron chi connectivity index (χ2n) is 7.08. The average Bonchev–Trinajstić information content (AvgIpc) is 3.30. The molecule has 0 bridgehead atoms. The van der Waals surface area contributed by atoms with Crippen LogP contribution in [0.25, 0.3) is 33.4 Å². The van der Waals surface area contributed by atoms with Gasteiger partial charge < -0.3 is 4.74 Å². The molecule has 1 aromatic carbocycles. The number of fused-ring (bicyclic) bond motifs is 2. The first-order valence-electron chi connectivity index (χ1n) is 9.42. The molecule has 0 aliphatic carbocycles. The maximum atomic E-state index is 13.5. The molecule has 4 aromatic rings. The highest BCUT2D eigenvalue weighted by Gasteiger charge is 2.27. The Bertz CT molecular complexity index is 1160. The van der Waals surface area contributed by atoms with Crippen molar-refractivity contribution in [2.24, 2.45) is 0 Å². The van der Waals surface area contributed by atoms with Crippen LogP contribution < -0.4 is 0 Å². The molecule has 1 aliphatic rings. The number of pyridine rings is 1. The predicted molar refractivity (Wildman–Crippen MR) is 104 cm³/mol. The van der Waals surface area contributed by atoms with Crippen LogP contribution in [0.15, 0.2) is 42.7 Å². The van der Waals surface area contributed by atoms with Crippen molar-refractivity contribution in [2.75, 3.05) is 6.61 Å². The summed E-state index contributed by atoms with van der Waals surface area (Å²) in [4.78, 5) is 4.65. The number of ether oxygens (including phenoxy) is 1. The summed E-state index contributed by atoms with van der Waals surface area (Å²) in [5.41, 5.74) is 5.51. The summed E-state index contributed by atoms with van der Waals surface area (Å²) < 4.78 is 23.1. The number of nitrogens with zero attached hydrogens (tertiary/aromatic N) is 5. The molecule has 0 saturated heterocycles. The molecule has 0 radical (unpaired) electrons.